The van der Waals surface area contributed by atoms with Crippen LogP contribution in [0.4, 0.5) is 5.69 Å². The third-order valence-corrected chi connectivity index (χ3v) is 4.97. The van der Waals surface area contributed by atoms with Crippen LogP contribution in [0.1, 0.15) is 36.0 Å². The first-order valence-corrected chi connectivity index (χ1v) is 8.70. The molecule has 2 N–H and O–H groups in total. The molecule has 4 nitrogen and oxygen atoms in total. The molecule has 2 rings (SSSR count). The van der Waals surface area contributed by atoms with Crippen LogP contribution in [0, 0.1) is 0 Å². The van der Waals surface area contributed by atoms with E-state index in [4.69, 9.17) is 0 Å². The largest absolute Gasteiger partial charge is 0.478 e. The molecule has 1 aromatic rings. The molecule has 0 amide bonds. The van der Waals surface area contributed by atoms with Crippen molar-refractivity contribution in [3.8, 4) is 0 Å². The van der Waals surface area contributed by atoms with E-state index in [-0.39, 0.29) is 0 Å². The lowest BCUT2D eigenvalue weighted by Crippen LogP contribution is -2.33. The Morgan fingerprint density at radius 2 is 2.14 bits per heavy atom. The van der Waals surface area contributed by atoms with Gasteiger partial charge < -0.3 is 15.3 Å². The molecule has 0 bridgehead atoms. The van der Waals surface area contributed by atoms with Crippen LogP contribution in [0.25, 0.3) is 0 Å². The molecule has 0 saturated heterocycles. The number of thioether (sulfide) groups is 1. The van der Waals surface area contributed by atoms with Gasteiger partial charge in [0.1, 0.15) is 0 Å². The fraction of sp³-hybridized carbons (Fsp3) is 0.562. The summed E-state index contributed by atoms with van der Waals surface area (Å²) in [6.07, 6.45) is 7.15. The van der Waals surface area contributed by atoms with Crippen molar-refractivity contribution in [2.24, 2.45) is 0 Å². The first-order chi connectivity index (χ1) is 10.1. The third-order valence-electron chi connectivity index (χ3n) is 4.19. The Morgan fingerprint density at radius 1 is 1.43 bits per heavy atom. The number of anilines is 1. The predicted octanol–water partition coefficient (Wildman–Crippen LogP) is 3.39. The van der Waals surface area contributed by atoms with Crippen molar-refractivity contribution in [1.82, 2.24) is 4.90 Å². The van der Waals surface area contributed by atoms with Crippen LogP contribution in [-0.2, 0) is 0 Å². The zero-order valence-electron chi connectivity index (χ0n) is 12.8. The van der Waals surface area contributed by atoms with Gasteiger partial charge in [-0.15, -0.1) is 11.8 Å². The van der Waals surface area contributed by atoms with E-state index < -0.39 is 5.97 Å². The highest BCUT2D eigenvalue weighted by Gasteiger charge is 2.19. The summed E-state index contributed by atoms with van der Waals surface area (Å²) in [7, 11) is 2.16. The number of aromatic carboxylic acids is 1. The molecule has 0 atom stereocenters. The molecule has 0 aliphatic heterocycles. The zero-order chi connectivity index (χ0) is 15.2. The highest BCUT2D eigenvalue weighted by molar-refractivity contribution is 7.98. The zero-order valence-corrected chi connectivity index (χ0v) is 13.6. The maximum absolute atomic E-state index is 11.4. The van der Waals surface area contributed by atoms with Gasteiger partial charge in [0.05, 0.1) is 5.56 Å². The van der Waals surface area contributed by atoms with Gasteiger partial charge in [0.25, 0.3) is 0 Å². The summed E-state index contributed by atoms with van der Waals surface area (Å²) in [5.41, 5.74) is 1.10. The average molecular weight is 308 g/mol. The second kappa shape index (κ2) is 7.71. The average Bonchev–Trinajstić information content (AvgIpc) is 3.00. The van der Waals surface area contributed by atoms with Crippen molar-refractivity contribution in [1.29, 1.82) is 0 Å². The Bertz CT molecular complexity index is 487. The normalized spacial score (nSPS) is 15.6. The van der Waals surface area contributed by atoms with Crippen LogP contribution in [0.5, 0.6) is 0 Å². The Kier molecular flexibility index (Phi) is 5.94. The fourth-order valence-electron chi connectivity index (χ4n) is 2.96. The lowest BCUT2D eigenvalue weighted by Gasteiger charge is -2.24. The smallest absolute Gasteiger partial charge is 0.338 e. The van der Waals surface area contributed by atoms with Crippen molar-refractivity contribution in [3.63, 3.8) is 0 Å². The topological polar surface area (TPSA) is 52.6 Å². The minimum absolute atomic E-state index is 0.383. The number of carboxylic acids is 1. The molecule has 21 heavy (non-hydrogen) atoms. The van der Waals surface area contributed by atoms with E-state index >= 15 is 0 Å². The summed E-state index contributed by atoms with van der Waals surface area (Å²) in [6, 6.07) is 6.30. The number of likely N-dealkylation sites (N-methyl/N-ethyl adjacent to an activating group) is 1. The van der Waals surface area contributed by atoms with Gasteiger partial charge in [-0.05, 0) is 38.3 Å². The number of hydrogen-bond acceptors (Lipinski definition) is 4. The number of rotatable bonds is 7. The van der Waals surface area contributed by atoms with Gasteiger partial charge >= 0.3 is 5.97 Å². The molecule has 5 heteroatoms. The molecular formula is C16H24N2O2S. The van der Waals surface area contributed by atoms with E-state index in [0.29, 0.717) is 17.3 Å². The summed E-state index contributed by atoms with van der Waals surface area (Å²) in [5.74, 6) is -0.869. The number of carboxylic acid groups (broad SMARTS) is 1. The summed E-state index contributed by atoms with van der Waals surface area (Å²) >= 11 is 1.47. The van der Waals surface area contributed by atoms with Crippen LogP contribution < -0.4 is 5.32 Å². The summed E-state index contributed by atoms with van der Waals surface area (Å²) in [4.78, 5) is 14.6. The van der Waals surface area contributed by atoms with Crippen molar-refractivity contribution in [2.75, 3.05) is 31.7 Å². The van der Waals surface area contributed by atoms with Crippen LogP contribution in [0.2, 0.25) is 0 Å². The van der Waals surface area contributed by atoms with E-state index in [9.17, 15) is 9.90 Å². The summed E-state index contributed by atoms with van der Waals surface area (Å²) in [6.45, 7) is 1.71. The molecule has 0 spiro atoms. The molecule has 1 aromatic carbocycles. The van der Waals surface area contributed by atoms with Gasteiger partial charge in [-0.3, -0.25) is 0 Å². The summed E-state index contributed by atoms with van der Waals surface area (Å²) < 4.78 is 0. The first kappa shape index (κ1) is 16.2. The number of nitrogens with one attached hydrogen (secondary N) is 1. The predicted molar refractivity (Wildman–Crippen MR) is 88.6 cm³/mol. The minimum Gasteiger partial charge on any atom is -0.478 e. The molecule has 0 unspecified atom stereocenters. The van der Waals surface area contributed by atoms with Gasteiger partial charge in [-0.2, -0.15) is 0 Å². The molecule has 1 aliphatic carbocycles. The van der Waals surface area contributed by atoms with Crippen LogP contribution >= 0.6 is 11.8 Å². The Balaban J connectivity index is 1.95. The number of nitrogens with zero attached hydrogens (tertiary/aromatic N) is 1. The van der Waals surface area contributed by atoms with E-state index in [1.165, 1.54) is 37.4 Å². The molecule has 1 fully saturated rings. The maximum atomic E-state index is 11.4. The van der Waals surface area contributed by atoms with Gasteiger partial charge in [-0.1, -0.05) is 18.9 Å². The molecule has 1 saturated carbocycles. The number of benzene rings is 1. The standard InChI is InChI=1S/C16H24N2O2S/c1-18(12-6-3-4-7-12)11-10-17-13-8-5-9-14(21-2)15(13)16(19)20/h5,8-9,12,17H,3-4,6-7,10-11H2,1-2H3,(H,19,20). The molecule has 116 valence electrons. The van der Waals surface area contributed by atoms with Crippen LogP contribution in [0.15, 0.2) is 23.1 Å². The molecule has 0 radical (unpaired) electrons. The van der Waals surface area contributed by atoms with Gasteiger partial charge in [0.2, 0.25) is 0 Å². The van der Waals surface area contributed by atoms with E-state index in [1.54, 1.807) is 0 Å². The van der Waals surface area contributed by atoms with E-state index in [0.717, 1.165) is 18.0 Å². The fourth-order valence-corrected chi connectivity index (χ4v) is 3.58. The lowest BCUT2D eigenvalue weighted by molar-refractivity contribution is 0.0694. The molecular weight excluding hydrogens is 284 g/mol. The van der Waals surface area contributed by atoms with Crippen molar-refractivity contribution >= 4 is 23.4 Å². The first-order valence-electron chi connectivity index (χ1n) is 7.48. The second-order valence-electron chi connectivity index (χ2n) is 5.53. The minimum atomic E-state index is -0.869. The van der Waals surface area contributed by atoms with Crippen molar-refractivity contribution < 1.29 is 9.90 Å². The van der Waals surface area contributed by atoms with Gasteiger partial charge in [0.15, 0.2) is 0 Å². The van der Waals surface area contributed by atoms with Crippen LogP contribution in [-0.4, -0.2) is 48.4 Å². The van der Waals surface area contributed by atoms with Crippen molar-refractivity contribution in [2.45, 2.75) is 36.6 Å². The molecule has 0 heterocycles. The highest BCUT2D eigenvalue weighted by atomic mass is 32.2. The maximum Gasteiger partial charge on any atom is 0.338 e. The quantitative estimate of drug-likeness (QED) is 0.756. The monoisotopic (exact) mass is 308 g/mol. The van der Waals surface area contributed by atoms with Gasteiger partial charge in [-0.25, -0.2) is 4.79 Å². The van der Waals surface area contributed by atoms with E-state index in [2.05, 4.69) is 17.3 Å². The molecule has 0 aromatic heterocycles. The number of carbonyl (C=O) groups is 1. The summed E-state index contributed by atoms with van der Waals surface area (Å²) in [5, 5.41) is 12.7. The Hall–Kier alpha value is -1.20. The van der Waals surface area contributed by atoms with Gasteiger partial charge in [0, 0.05) is 29.7 Å². The van der Waals surface area contributed by atoms with Crippen LogP contribution in [0.3, 0.4) is 0 Å². The van der Waals surface area contributed by atoms with Crippen molar-refractivity contribution in [3.05, 3.63) is 23.8 Å². The SMILES string of the molecule is CSc1cccc(NCCN(C)C2CCCC2)c1C(=O)O. The second-order valence-corrected chi connectivity index (χ2v) is 6.38. The third kappa shape index (κ3) is 4.14. The Labute approximate surface area is 130 Å². The Morgan fingerprint density at radius 3 is 2.76 bits per heavy atom. The number of hydrogen-bond donors (Lipinski definition) is 2. The molecule has 1 aliphatic rings. The lowest BCUT2D eigenvalue weighted by atomic mass is 10.1. The van der Waals surface area contributed by atoms with E-state index in [1.807, 2.05) is 24.5 Å². The highest BCUT2D eigenvalue weighted by Crippen LogP contribution is 2.27.